The lowest BCUT2D eigenvalue weighted by molar-refractivity contribution is -0.362. The Morgan fingerprint density at radius 3 is 1.26 bits per heavy atom. The number of carbonyl (C=O) groups excluding carboxylic acids is 3. The van der Waals surface area contributed by atoms with Crippen LogP contribution in [0.5, 0.6) is 11.5 Å². The molecule has 0 aliphatic carbocycles. The molecule has 0 radical (unpaired) electrons. The van der Waals surface area contributed by atoms with Gasteiger partial charge in [0.05, 0.1) is 17.9 Å². The third kappa shape index (κ3) is 8.53. The molecule has 0 aliphatic heterocycles. The Morgan fingerprint density at radius 1 is 0.698 bits per heavy atom. The van der Waals surface area contributed by atoms with E-state index in [1.807, 2.05) is 0 Å². The summed E-state index contributed by atoms with van der Waals surface area (Å²) in [6.45, 7) is 0.228. The fourth-order valence-corrected chi connectivity index (χ4v) is 8.62. The summed E-state index contributed by atoms with van der Waals surface area (Å²) in [6, 6.07) is 5.12. The topological polar surface area (TPSA) is 133 Å². The second-order valence-electron chi connectivity index (χ2n) is 8.24. The standard InChI is InChI=1S/C21H10Br6F6O9S/c1-18(15(34)40-13-9(24)2-7(22)3-10(13)25,16(35)41-14-11(26)4-8(23)5-12(14)27)17(36)42-19(20(28,29)30,21(31,32)33)6-43(37,38)39/h2-5H,6H2,1H3,(H,37,38,39). The highest BCUT2D eigenvalue weighted by atomic mass is 79.9. The van der Waals surface area contributed by atoms with Crippen LogP contribution in [0.15, 0.2) is 51.1 Å². The lowest BCUT2D eigenvalue weighted by Gasteiger charge is -2.37. The number of hydrogen-bond donors (Lipinski definition) is 1. The van der Waals surface area contributed by atoms with Gasteiger partial charge >= 0.3 is 35.9 Å². The molecule has 43 heavy (non-hydrogen) atoms. The van der Waals surface area contributed by atoms with E-state index in [0.717, 1.165) is 0 Å². The third-order valence-electron chi connectivity index (χ3n) is 5.11. The second kappa shape index (κ2) is 13.5. The van der Waals surface area contributed by atoms with Crippen LogP contribution in [0.25, 0.3) is 0 Å². The maximum atomic E-state index is 13.9. The molecule has 0 aliphatic rings. The predicted molar refractivity (Wildman–Crippen MR) is 156 cm³/mol. The lowest BCUT2D eigenvalue weighted by atomic mass is 9.90. The van der Waals surface area contributed by atoms with Crippen LogP contribution in [0.3, 0.4) is 0 Å². The van der Waals surface area contributed by atoms with Crippen LogP contribution >= 0.6 is 95.6 Å². The van der Waals surface area contributed by atoms with Crippen LogP contribution in [0, 0.1) is 5.41 Å². The van der Waals surface area contributed by atoms with Gasteiger partial charge in [0, 0.05) is 8.95 Å². The van der Waals surface area contributed by atoms with Gasteiger partial charge in [-0.2, -0.15) is 34.8 Å². The van der Waals surface area contributed by atoms with E-state index >= 15 is 0 Å². The summed E-state index contributed by atoms with van der Waals surface area (Å²) in [5, 5.41) is 0. The molecule has 0 unspecified atom stereocenters. The van der Waals surface area contributed by atoms with Crippen molar-refractivity contribution >= 4 is 124 Å². The van der Waals surface area contributed by atoms with Crippen molar-refractivity contribution in [2.45, 2.75) is 24.9 Å². The molecule has 1 N–H and O–H groups in total. The normalized spacial score (nSPS) is 13.0. The van der Waals surface area contributed by atoms with Gasteiger partial charge in [-0.3, -0.25) is 9.35 Å². The van der Waals surface area contributed by atoms with Crippen molar-refractivity contribution in [3.05, 3.63) is 51.1 Å². The van der Waals surface area contributed by atoms with Crippen LogP contribution in [0.2, 0.25) is 0 Å². The molecule has 0 aromatic heterocycles. The summed E-state index contributed by atoms with van der Waals surface area (Å²) in [5.41, 5.74) is -9.76. The predicted octanol–water partition coefficient (Wildman–Crippen LogP) is 8.07. The largest absolute Gasteiger partial charge is 0.438 e. The van der Waals surface area contributed by atoms with Crippen molar-refractivity contribution in [1.82, 2.24) is 0 Å². The van der Waals surface area contributed by atoms with E-state index < -0.39 is 68.6 Å². The van der Waals surface area contributed by atoms with Crippen LogP contribution in [-0.2, 0) is 29.2 Å². The van der Waals surface area contributed by atoms with E-state index in [-0.39, 0.29) is 24.8 Å². The Balaban J connectivity index is 2.80. The minimum absolute atomic E-state index is 0.0594. The van der Waals surface area contributed by atoms with Gasteiger partial charge in [-0.25, -0.2) is 9.59 Å². The van der Waals surface area contributed by atoms with Crippen LogP contribution < -0.4 is 9.47 Å². The molecule has 2 rings (SSSR count). The molecule has 0 atom stereocenters. The van der Waals surface area contributed by atoms with E-state index in [4.69, 9.17) is 14.0 Å². The summed E-state index contributed by atoms with van der Waals surface area (Å²) in [6.07, 6.45) is -13.5. The van der Waals surface area contributed by atoms with Crippen molar-refractivity contribution in [3.63, 3.8) is 0 Å². The highest BCUT2D eigenvalue weighted by Gasteiger charge is 2.77. The molecule has 2 aromatic rings. The molecule has 0 saturated heterocycles. The third-order valence-corrected chi connectivity index (χ3v) is 9.15. The fourth-order valence-electron chi connectivity index (χ4n) is 2.88. The van der Waals surface area contributed by atoms with Crippen LogP contribution in [0.1, 0.15) is 6.92 Å². The zero-order valence-electron chi connectivity index (χ0n) is 20.2. The van der Waals surface area contributed by atoms with Crippen molar-refractivity contribution < 1.29 is 67.9 Å². The lowest BCUT2D eigenvalue weighted by Crippen LogP contribution is -2.65. The number of benzene rings is 2. The SMILES string of the molecule is CC(C(=O)Oc1c(Br)cc(Br)cc1Br)(C(=O)Oc1c(Br)cc(Br)cc1Br)C(=O)OC(CS(=O)(=O)O)(C(F)(F)F)C(F)(F)F. The molecule has 0 fully saturated rings. The van der Waals surface area contributed by atoms with Gasteiger partial charge in [-0.15, -0.1) is 0 Å². The van der Waals surface area contributed by atoms with Crippen molar-refractivity contribution in [3.8, 4) is 11.5 Å². The number of rotatable bonds is 8. The molecule has 0 bridgehead atoms. The molecule has 0 spiro atoms. The molecule has 9 nitrogen and oxygen atoms in total. The van der Waals surface area contributed by atoms with Crippen molar-refractivity contribution in [1.29, 1.82) is 0 Å². The van der Waals surface area contributed by atoms with Gasteiger partial charge in [-0.05, 0) is 94.9 Å². The summed E-state index contributed by atoms with van der Waals surface area (Å²) >= 11 is 18.2. The van der Waals surface area contributed by atoms with Gasteiger partial charge in [0.1, 0.15) is 5.75 Å². The summed E-state index contributed by atoms with van der Waals surface area (Å²) < 4.78 is 129. The molecular formula is C21H10Br6F6O9S. The summed E-state index contributed by atoms with van der Waals surface area (Å²) in [5.74, 6) is -11.4. The molecule has 22 heteroatoms. The van der Waals surface area contributed by atoms with E-state index in [9.17, 15) is 49.1 Å². The number of hydrogen-bond acceptors (Lipinski definition) is 8. The fraction of sp³-hybridized carbons (Fsp3) is 0.286. The monoisotopic (exact) mass is 1030 g/mol. The van der Waals surface area contributed by atoms with E-state index in [2.05, 4.69) is 100 Å². The second-order valence-corrected chi connectivity index (χ2v) is 14.9. The van der Waals surface area contributed by atoms with Gasteiger partial charge in [0.15, 0.2) is 11.5 Å². The molecule has 0 amide bonds. The molecule has 0 heterocycles. The smallest absolute Gasteiger partial charge is 0.437 e. The maximum Gasteiger partial charge on any atom is 0.438 e. The van der Waals surface area contributed by atoms with Gasteiger partial charge in [0.25, 0.3) is 15.5 Å². The highest BCUT2D eigenvalue weighted by molar-refractivity contribution is 9.12. The van der Waals surface area contributed by atoms with Crippen LogP contribution in [0.4, 0.5) is 26.3 Å². The number of halogens is 12. The zero-order valence-corrected chi connectivity index (χ0v) is 30.5. The van der Waals surface area contributed by atoms with Crippen molar-refractivity contribution in [2.24, 2.45) is 5.41 Å². The van der Waals surface area contributed by atoms with Crippen molar-refractivity contribution in [2.75, 3.05) is 5.75 Å². The number of carbonyl (C=O) groups is 3. The first-order valence-corrected chi connectivity index (χ1v) is 16.7. The number of alkyl halides is 6. The zero-order chi connectivity index (χ0) is 33.5. The van der Waals surface area contributed by atoms with Gasteiger partial charge < -0.3 is 14.2 Å². The van der Waals surface area contributed by atoms with Gasteiger partial charge in [0.2, 0.25) is 0 Å². The average Bonchev–Trinajstić information content (AvgIpc) is 2.79. The first-order valence-electron chi connectivity index (χ1n) is 10.3. The quantitative estimate of drug-likeness (QED) is 0.0917. The Bertz CT molecular complexity index is 1450. The highest BCUT2D eigenvalue weighted by Crippen LogP contribution is 2.48. The Kier molecular flexibility index (Phi) is 12.1. The van der Waals surface area contributed by atoms with Crippen LogP contribution in [-0.4, -0.2) is 54.6 Å². The first kappa shape index (κ1) is 38.4. The maximum absolute atomic E-state index is 13.9. The van der Waals surface area contributed by atoms with Gasteiger partial charge in [-0.1, -0.05) is 31.9 Å². The molecule has 238 valence electrons. The first-order chi connectivity index (χ1) is 19.3. The minimum atomic E-state index is -6.76. The Morgan fingerprint density at radius 2 is 1.00 bits per heavy atom. The average molecular weight is 1030 g/mol. The van der Waals surface area contributed by atoms with E-state index in [1.165, 1.54) is 24.3 Å². The van der Waals surface area contributed by atoms with E-state index in [1.54, 1.807) is 0 Å². The molecule has 2 aromatic carbocycles. The Hall–Kier alpha value is -0.780. The molecule has 0 saturated carbocycles. The Labute approximate surface area is 287 Å². The summed E-state index contributed by atoms with van der Waals surface area (Å²) in [4.78, 5) is 39.9. The molecular weight excluding hydrogens is 1020 g/mol. The number of ether oxygens (including phenoxy) is 3. The summed E-state index contributed by atoms with van der Waals surface area (Å²) in [7, 11) is -6.19. The minimum Gasteiger partial charge on any atom is -0.437 e. The van der Waals surface area contributed by atoms with E-state index in [0.29, 0.717) is 8.95 Å². The number of esters is 3.